The summed E-state index contributed by atoms with van der Waals surface area (Å²) in [5.74, 6) is 1.06. The molecule has 0 aromatic heterocycles. The zero-order chi connectivity index (χ0) is 17.3. The van der Waals surface area contributed by atoms with E-state index in [1.54, 1.807) is 0 Å². The molecule has 0 saturated carbocycles. The summed E-state index contributed by atoms with van der Waals surface area (Å²) >= 11 is 0. The third kappa shape index (κ3) is 3.25. The van der Waals surface area contributed by atoms with Crippen LogP contribution in [0, 0.1) is 0 Å². The number of benzene rings is 2. The van der Waals surface area contributed by atoms with Crippen molar-refractivity contribution in [2.75, 3.05) is 11.4 Å². The van der Waals surface area contributed by atoms with Crippen LogP contribution in [0.4, 0.5) is 18.9 Å². The molecule has 0 amide bonds. The first-order valence-corrected chi connectivity index (χ1v) is 7.77. The molecule has 1 aliphatic heterocycles. The number of anilines is 1. The quantitative estimate of drug-likeness (QED) is 0.750. The Kier molecular flexibility index (Phi) is 4.26. The largest absolute Gasteiger partial charge is 0.457 e. The first-order chi connectivity index (χ1) is 11.4. The highest BCUT2D eigenvalue weighted by Crippen LogP contribution is 2.35. The average molecular weight is 333 g/mol. The molecular formula is C19H18F3NO. The molecule has 0 atom stereocenters. The summed E-state index contributed by atoms with van der Waals surface area (Å²) in [6, 6.07) is 13.0. The number of hydrogen-bond donors (Lipinski definition) is 0. The predicted molar refractivity (Wildman–Crippen MR) is 89.0 cm³/mol. The van der Waals surface area contributed by atoms with Crippen molar-refractivity contribution >= 4 is 11.4 Å². The molecule has 2 aromatic rings. The molecule has 3 rings (SSSR count). The highest BCUT2D eigenvalue weighted by molar-refractivity contribution is 5.78. The molecule has 0 radical (unpaired) electrons. The van der Waals surface area contributed by atoms with Gasteiger partial charge in [0.2, 0.25) is 0 Å². The van der Waals surface area contributed by atoms with Gasteiger partial charge in [-0.1, -0.05) is 12.1 Å². The molecule has 0 fully saturated rings. The molecule has 5 heteroatoms. The van der Waals surface area contributed by atoms with E-state index in [0.717, 1.165) is 23.4 Å². The van der Waals surface area contributed by atoms with Crippen molar-refractivity contribution < 1.29 is 17.9 Å². The van der Waals surface area contributed by atoms with Crippen LogP contribution < -0.4 is 9.64 Å². The van der Waals surface area contributed by atoms with E-state index < -0.39 is 11.7 Å². The molecule has 2 aromatic carbocycles. The van der Waals surface area contributed by atoms with Gasteiger partial charge in [0.15, 0.2) is 0 Å². The van der Waals surface area contributed by atoms with Gasteiger partial charge in [0.1, 0.15) is 11.5 Å². The third-order valence-electron chi connectivity index (χ3n) is 3.99. The van der Waals surface area contributed by atoms with Crippen LogP contribution in [0.2, 0.25) is 0 Å². The van der Waals surface area contributed by atoms with Crippen LogP contribution in [0.25, 0.3) is 5.76 Å². The summed E-state index contributed by atoms with van der Waals surface area (Å²) in [5.41, 5.74) is 1.33. The van der Waals surface area contributed by atoms with Gasteiger partial charge in [-0.3, -0.25) is 0 Å². The van der Waals surface area contributed by atoms with E-state index >= 15 is 0 Å². The summed E-state index contributed by atoms with van der Waals surface area (Å²) in [7, 11) is 0. The Morgan fingerprint density at radius 2 is 1.67 bits per heavy atom. The van der Waals surface area contributed by atoms with Gasteiger partial charge >= 0.3 is 6.18 Å². The fourth-order valence-electron chi connectivity index (χ4n) is 2.75. The van der Waals surface area contributed by atoms with E-state index in [9.17, 15) is 13.2 Å². The number of halogens is 3. The number of hydrogen-bond acceptors (Lipinski definition) is 2. The van der Waals surface area contributed by atoms with Gasteiger partial charge < -0.3 is 9.64 Å². The van der Waals surface area contributed by atoms with Gasteiger partial charge in [-0.2, -0.15) is 13.2 Å². The van der Waals surface area contributed by atoms with Gasteiger partial charge in [-0.05, 0) is 56.3 Å². The lowest BCUT2D eigenvalue weighted by Gasteiger charge is -2.33. The van der Waals surface area contributed by atoms with E-state index in [1.165, 1.54) is 12.1 Å². The number of alkyl halides is 3. The Hall–Kier alpha value is -2.43. The Balaban J connectivity index is 1.86. The molecular weight excluding hydrogens is 315 g/mol. The molecule has 0 spiro atoms. The van der Waals surface area contributed by atoms with Crippen LogP contribution in [0.1, 0.15) is 25.0 Å². The summed E-state index contributed by atoms with van der Waals surface area (Å²) in [4.78, 5) is 2.24. The minimum absolute atomic E-state index is 0.343. The van der Waals surface area contributed by atoms with Crippen LogP contribution in [0.3, 0.4) is 0 Å². The summed E-state index contributed by atoms with van der Waals surface area (Å²) in [6.45, 7) is 4.93. The second-order valence-corrected chi connectivity index (χ2v) is 5.96. The highest BCUT2D eigenvalue weighted by Gasteiger charge is 2.30. The van der Waals surface area contributed by atoms with Crippen molar-refractivity contribution in [3.8, 4) is 5.75 Å². The van der Waals surface area contributed by atoms with Crippen molar-refractivity contribution in [3.63, 3.8) is 0 Å². The Labute approximate surface area is 139 Å². The maximum atomic E-state index is 12.6. The maximum Gasteiger partial charge on any atom is 0.416 e. The molecule has 24 heavy (non-hydrogen) atoms. The molecule has 0 saturated heterocycles. The maximum absolute atomic E-state index is 12.6. The second-order valence-electron chi connectivity index (χ2n) is 5.96. The topological polar surface area (TPSA) is 12.5 Å². The zero-order valence-electron chi connectivity index (χ0n) is 13.5. The molecule has 1 heterocycles. The second kappa shape index (κ2) is 6.23. The van der Waals surface area contributed by atoms with Crippen LogP contribution in [-0.4, -0.2) is 12.6 Å². The Morgan fingerprint density at radius 1 is 1.00 bits per heavy atom. The lowest BCUT2D eigenvalue weighted by atomic mass is 10.0. The highest BCUT2D eigenvalue weighted by atomic mass is 19.4. The van der Waals surface area contributed by atoms with Crippen molar-refractivity contribution in [3.05, 3.63) is 65.7 Å². The fourth-order valence-corrected chi connectivity index (χ4v) is 2.75. The van der Waals surface area contributed by atoms with Crippen molar-refractivity contribution in [1.82, 2.24) is 0 Å². The van der Waals surface area contributed by atoms with Crippen LogP contribution >= 0.6 is 0 Å². The smallest absolute Gasteiger partial charge is 0.416 e. The van der Waals surface area contributed by atoms with Crippen LogP contribution in [-0.2, 0) is 6.18 Å². The van der Waals surface area contributed by atoms with Gasteiger partial charge in [0, 0.05) is 23.8 Å². The van der Waals surface area contributed by atoms with Crippen molar-refractivity contribution in [2.45, 2.75) is 26.1 Å². The summed E-state index contributed by atoms with van der Waals surface area (Å²) in [5, 5.41) is 0. The zero-order valence-corrected chi connectivity index (χ0v) is 13.5. The van der Waals surface area contributed by atoms with E-state index in [1.807, 2.05) is 30.3 Å². The number of fused-ring (bicyclic) bond motifs is 1. The van der Waals surface area contributed by atoms with Crippen LogP contribution in [0.5, 0.6) is 5.75 Å². The van der Waals surface area contributed by atoms with Crippen molar-refractivity contribution in [1.29, 1.82) is 0 Å². The molecule has 0 unspecified atom stereocenters. The summed E-state index contributed by atoms with van der Waals surface area (Å²) < 4.78 is 43.8. The molecule has 0 aliphatic carbocycles. The van der Waals surface area contributed by atoms with Gasteiger partial charge in [0.05, 0.1) is 5.56 Å². The predicted octanol–water partition coefficient (Wildman–Crippen LogP) is 5.35. The third-order valence-corrected chi connectivity index (χ3v) is 3.99. The molecule has 126 valence electrons. The SMILES string of the molecule is CC(C)N1CC=C(Oc2ccc(C(F)(F)F)cc2)c2ccccc21. The average Bonchev–Trinajstić information content (AvgIpc) is 2.54. The number of ether oxygens (including phenoxy) is 1. The lowest BCUT2D eigenvalue weighted by Crippen LogP contribution is -2.34. The standard InChI is InChI=1S/C19H18F3NO/c1-13(2)23-12-11-18(16-5-3-4-6-17(16)23)24-15-9-7-14(8-10-15)19(20,21)22/h3-11,13H,12H2,1-2H3. The fraction of sp³-hybridized carbons (Fsp3) is 0.263. The number of para-hydroxylation sites is 1. The monoisotopic (exact) mass is 333 g/mol. The number of rotatable bonds is 3. The molecule has 2 nitrogen and oxygen atoms in total. The van der Waals surface area contributed by atoms with Gasteiger partial charge in [-0.15, -0.1) is 0 Å². The van der Waals surface area contributed by atoms with E-state index in [4.69, 9.17) is 4.74 Å². The van der Waals surface area contributed by atoms with E-state index in [2.05, 4.69) is 18.7 Å². The molecule has 0 N–H and O–H groups in total. The lowest BCUT2D eigenvalue weighted by molar-refractivity contribution is -0.137. The number of nitrogens with zero attached hydrogens (tertiary/aromatic N) is 1. The first kappa shape index (κ1) is 16.4. The minimum Gasteiger partial charge on any atom is -0.457 e. The van der Waals surface area contributed by atoms with Crippen LogP contribution in [0.15, 0.2) is 54.6 Å². The molecule has 1 aliphatic rings. The van der Waals surface area contributed by atoms with Gasteiger partial charge in [0.25, 0.3) is 0 Å². The summed E-state index contributed by atoms with van der Waals surface area (Å²) in [6.07, 6.45) is -2.38. The van der Waals surface area contributed by atoms with E-state index in [-0.39, 0.29) is 0 Å². The minimum atomic E-state index is -4.34. The Morgan fingerprint density at radius 3 is 2.29 bits per heavy atom. The Bertz CT molecular complexity index is 748. The van der Waals surface area contributed by atoms with E-state index in [0.29, 0.717) is 24.1 Å². The first-order valence-electron chi connectivity index (χ1n) is 7.77. The van der Waals surface area contributed by atoms with Gasteiger partial charge in [-0.25, -0.2) is 0 Å². The normalized spacial score (nSPS) is 14.4. The van der Waals surface area contributed by atoms with Crippen molar-refractivity contribution in [2.24, 2.45) is 0 Å². The molecule has 0 bridgehead atoms.